The zero-order chi connectivity index (χ0) is 18.6. The Morgan fingerprint density at radius 3 is 2.20 bits per heavy atom. The molecule has 0 saturated heterocycles. The Labute approximate surface area is 143 Å². The van der Waals surface area contributed by atoms with Gasteiger partial charge in [0.15, 0.2) is 17.7 Å². The molecule has 1 atom stereocenters. The number of carbonyl (C=O) groups is 1. The van der Waals surface area contributed by atoms with Gasteiger partial charge in [-0.1, -0.05) is 0 Å². The Balaban J connectivity index is 2.07. The highest BCUT2D eigenvalue weighted by Gasteiger charge is 2.24. The van der Waals surface area contributed by atoms with Crippen molar-refractivity contribution in [3.63, 3.8) is 0 Å². The molecule has 6 nitrogen and oxygen atoms in total. The predicted octanol–water partition coefficient (Wildman–Crippen LogP) is 2.25. The summed E-state index contributed by atoms with van der Waals surface area (Å²) in [6, 6.07) is 8.31. The molecule has 0 aliphatic carbocycles. The lowest BCUT2D eigenvalue weighted by atomic mass is 10.3. The molecule has 0 heterocycles. The Bertz CT molecular complexity index is 869. The second-order valence-corrected chi connectivity index (χ2v) is 6.66. The van der Waals surface area contributed by atoms with Gasteiger partial charge in [0.05, 0.1) is 12.0 Å². The van der Waals surface area contributed by atoms with Gasteiger partial charge in [-0.15, -0.1) is 0 Å². The lowest BCUT2D eigenvalue weighted by Gasteiger charge is -2.15. The molecule has 9 heteroatoms. The van der Waals surface area contributed by atoms with Crippen molar-refractivity contribution < 1.29 is 31.5 Å². The molecule has 2 aromatic carbocycles. The Kier molecular flexibility index (Phi) is 5.58. The highest BCUT2D eigenvalue weighted by Crippen LogP contribution is 2.18. The topological polar surface area (TPSA) is 81.7 Å². The summed E-state index contributed by atoms with van der Waals surface area (Å²) in [4.78, 5) is 11.4. The highest BCUT2D eigenvalue weighted by atomic mass is 32.2. The van der Waals surface area contributed by atoms with Crippen LogP contribution in [0.2, 0.25) is 0 Å². The van der Waals surface area contributed by atoms with Crippen molar-refractivity contribution in [2.75, 3.05) is 7.11 Å². The highest BCUT2D eigenvalue weighted by molar-refractivity contribution is 7.90. The van der Waals surface area contributed by atoms with Crippen LogP contribution in [0, 0.1) is 11.6 Å². The van der Waals surface area contributed by atoms with Crippen LogP contribution in [0.4, 0.5) is 8.78 Å². The van der Waals surface area contributed by atoms with Crippen molar-refractivity contribution in [2.24, 2.45) is 0 Å². The van der Waals surface area contributed by atoms with Crippen molar-refractivity contribution in [3.05, 3.63) is 54.1 Å². The van der Waals surface area contributed by atoms with Crippen LogP contribution in [0.25, 0.3) is 0 Å². The first-order valence-corrected chi connectivity index (χ1v) is 8.53. The van der Waals surface area contributed by atoms with Gasteiger partial charge in [-0.25, -0.2) is 21.9 Å². The van der Waals surface area contributed by atoms with E-state index in [2.05, 4.69) is 0 Å². The number of carbonyl (C=O) groups excluding carboxylic acids is 1. The summed E-state index contributed by atoms with van der Waals surface area (Å²) in [6.45, 7) is 1.35. The third-order valence-electron chi connectivity index (χ3n) is 3.18. The number of amides is 1. The maximum atomic E-state index is 13.2. The molecule has 0 spiro atoms. The van der Waals surface area contributed by atoms with Crippen molar-refractivity contribution in [3.8, 4) is 11.5 Å². The van der Waals surface area contributed by atoms with Gasteiger partial charge in [-0.2, -0.15) is 0 Å². The van der Waals surface area contributed by atoms with Crippen molar-refractivity contribution in [1.29, 1.82) is 0 Å². The van der Waals surface area contributed by atoms with Gasteiger partial charge in [0.2, 0.25) is 0 Å². The summed E-state index contributed by atoms with van der Waals surface area (Å²) >= 11 is 0. The van der Waals surface area contributed by atoms with E-state index in [1.54, 1.807) is 29.0 Å². The van der Waals surface area contributed by atoms with Crippen LogP contribution in [0.5, 0.6) is 11.5 Å². The van der Waals surface area contributed by atoms with E-state index in [-0.39, 0.29) is 0 Å². The standard InChI is InChI=1S/C16H15F2NO5S/c1-10(24-12-5-3-11(23-2)4-6-12)16(20)19-25(21,22)13-7-8-14(17)15(18)9-13/h3-10H,1-2H3,(H,19,20)/t10-/m1/s1. The van der Waals surface area contributed by atoms with Gasteiger partial charge < -0.3 is 9.47 Å². The number of ether oxygens (including phenoxy) is 2. The molecular weight excluding hydrogens is 356 g/mol. The fourth-order valence-electron chi connectivity index (χ4n) is 1.83. The van der Waals surface area contributed by atoms with Crippen LogP contribution in [-0.4, -0.2) is 27.5 Å². The largest absolute Gasteiger partial charge is 0.497 e. The fraction of sp³-hybridized carbons (Fsp3) is 0.188. The van der Waals surface area contributed by atoms with Crippen molar-refractivity contribution in [1.82, 2.24) is 4.72 Å². The van der Waals surface area contributed by atoms with E-state index in [0.717, 1.165) is 6.07 Å². The Hall–Kier alpha value is -2.68. The molecule has 1 amide bonds. The number of hydrogen-bond donors (Lipinski definition) is 1. The molecule has 0 aliphatic heterocycles. The average Bonchev–Trinajstić information content (AvgIpc) is 2.57. The van der Waals surface area contributed by atoms with Gasteiger partial charge in [0, 0.05) is 0 Å². The molecule has 2 rings (SSSR count). The summed E-state index contributed by atoms with van der Waals surface area (Å²) in [5.41, 5.74) is 0. The lowest BCUT2D eigenvalue weighted by molar-refractivity contribution is -0.125. The molecule has 2 aromatic rings. The quantitative estimate of drug-likeness (QED) is 0.842. The average molecular weight is 371 g/mol. The number of methoxy groups -OCH3 is 1. The maximum absolute atomic E-state index is 13.2. The van der Waals surface area contributed by atoms with Gasteiger partial charge in [0.25, 0.3) is 15.9 Å². The van der Waals surface area contributed by atoms with E-state index >= 15 is 0 Å². The molecule has 134 valence electrons. The second-order valence-electron chi connectivity index (χ2n) is 4.98. The van der Waals surface area contributed by atoms with Crippen LogP contribution < -0.4 is 14.2 Å². The summed E-state index contributed by atoms with van der Waals surface area (Å²) in [5, 5.41) is 0. The number of hydrogen-bond acceptors (Lipinski definition) is 5. The molecule has 25 heavy (non-hydrogen) atoms. The van der Waals surface area contributed by atoms with E-state index in [1.165, 1.54) is 14.0 Å². The third-order valence-corrected chi connectivity index (χ3v) is 4.52. The maximum Gasteiger partial charge on any atom is 0.274 e. The number of benzene rings is 2. The zero-order valence-electron chi connectivity index (χ0n) is 13.3. The third kappa shape index (κ3) is 4.66. The van der Waals surface area contributed by atoms with Gasteiger partial charge in [-0.05, 0) is 49.4 Å². The molecule has 0 bridgehead atoms. The Morgan fingerprint density at radius 1 is 1.04 bits per heavy atom. The number of halogens is 2. The van der Waals surface area contributed by atoms with Crippen LogP contribution in [0.3, 0.4) is 0 Å². The van der Waals surface area contributed by atoms with E-state index < -0.39 is 38.6 Å². The molecule has 0 aliphatic rings. The van der Waals surface area contributed by atoms with E-state index in [9.17, 15) is 22.0 Å². The molecule has 0 saturated carbocycles. The normalized spacial score (nSPS) is 12.3. The zero-order valence-corrected chi connectivity index (χ0v) is 14.1. The molecular formula is C16H15F2NO5S. The first-order valence-electron chi connectivity index (χ1n) is 7.05. The van der Waals surface area contributed by atoms with Crippen LogP contribution in [-0.2, 0) is 14.8 Å². The summed E-state index contributed by atoms with van der Waals surface area (Å²) in [5.74, 6) is -2.57. The van der Waals surface area contributed by atoms with Crippen LogP contribution >= 0.6 is 0 Å². The minimum Gasteiger partial charge on any atom is -0.497 e. The molecule has 0 unspecified atom stereocenters. The summed E-state index contributed by atoms with van der Waals surface area (Å²) in [7, 11) is -2.86. The summed E-state index contributed by atoms with van der Waals surface area (Å²) < 4.78 is 62.2. The first-order chi connectivity index (χ1) is 11.7. The van der Waals surface area contributed by atoms with Crippen LogP contribution in [0.1, 0.15) is 6.92 Å². The molecule has 0 aromatic heterocycles. The predicted molar refractivity (Wildman–Crippen MR) is 84.8 cm³/mol. The number of nitrogens with one attached hydrogen (secondary N) is 1. The number of sulfonamides is 1. The van der Waals surface area contributed by atoms with Gasteiger partial charge >= 0.3 is 0 Å². The van der Waals surface area contributed by atoms with Crippen molar-refractivity contribution in [2.45, 2.75) is 17.9 Å². The van der Waals surface area contributed by atoms with Gasteiger partial charge in [-0.3, -0.25) is 4.79 Å². The summed E-state index contributed by atoms with van der Waals surface area (Å²) in [6.07, 6.45) is -1.14. The van der Waals surface area contributed by atoms with E-state index in [0.29, 0.717) is 23.6 Å². The molecule has 1 N–H and O–H groups in total. The van der Waals surface area contributed by atoms with E-state index in [4.69, 9.17) is 9.47 Å². The SMILES string of the molecule is COc1ccc(O[C@H](C)C(=O)NS(=O)(=O)c2ccc(F)c(F)c2)cc1. The smallest absolute Gasteiger partial charge is 0.274 e. The van der Waals surface area contributed by atoms with Crippen LogP contribution in [0.15, 0.2) is 47.4 Å². The number of rotatable bonds is 6. The minimum atomic E-state index is -4.35. The molecule has 0 radical (unpaired) electrons. The molecule has 0 fully saturated rings. The fourth-order valence-corrected chi connectivity index (χ4v) is 2.88. The Morgan fingerprint density at radius 2 is 1.64 bits per heavy atom. The lowest BCUT2D eigenvalue weighted by Crippen LogP contribution is -2.40. The minimum absolute atomic E-state index is 0.327. The first kappa shape index (κ1) is 18.7. The van der Waals surface area contributed by atoms with Gasteiger partial charge in [0.1, 0.15) is 11.5 Å². The van der Waals surface area contributed by atoms with E-state index in [1.807, 2.05) is 0 Å². The van der Waals surface area contributed by atoms with Crippen molar-refractivity contribution >= 4 is 15.9 Å². The second kappa shape index (κ2) is 7.47. The monoisotopic (exact) mass is 371 g/mol.